The molecule has 0 aliphatic rings. The molecule has 18 heavy (non-hydrogen) atoms. The number of carbonyl (C=O) groups is 1. The molecular formula is C13H17N3O2. The molecule has 2 aromatic rings. The van der Waals surface area contributed by atoms with Crippen molar-refractivity contribution in [3.63, 3.8) is 0 Å². The number of H-pyrrole nitrogens is 1. The number of aryl methyl sites for hydroxylation is 2. The van der Waals surface area contributed by atoms with Crippen molar-refractivity contribution >= 4 is 5.97 Å². The number of aromatic amines is 1. The van der Waals surface area contributed by atoms with Crippen molar-refractivity contribution < 1.29 is 9.53 Å². The third kappa shape index (κ3) is 1.92. The smallest absolute Gasteiger partial charge is 0.355 e. The molecule has 5 heteroatoms. The van der Waals surface area contributed by atoms with Crippen LogP contribution in [0.3, 0.4) is 0 Å². The van der Waals surface area contributed by atoms with Crippen LogP contribution in [0.4, 0.5) is 0 Å². The minimum atomic E-state index is -0.313. The Hall–Kier alpha value is -2.04. The molecule has 2 rings (SSSR count). The van der Waals surface area contributed by atoms with Gasteiger partial charge < -0.3 is 9.72 Å². The summed E-state index contributed by atoms with van der Waals surface area (Å²) in [5, 5.41) is 4.15. The molecule has 0 spiro atoms. The predicted octanol–water partition coefficient (Wildman–Crippen LogP) is 2.21. The van der Waals surface area contributed by atoms with Gasteiger partial charge in [-0.15, -0.1) is 0 Å². The maximum Gasteiger partial charge on any atom is 0.355 e. The van der Waals surface area contributed by atoms with Gasteiger partial charge in [-0.1, -0.05) is 0 Å². The van der Waals surface area contributed by atoms with Crippen LogP contribution >= 0.6 is 0 Å². The highest BCUT2D eigenvalue weighted by molar-refractivity contribution is 5.92. The van der Waals surface area contributed by atoms with Crippen LogP contribution in [0, 0.1) is 13.8 Å². The van der Waals surface area contributed by atoms with E-state index in [0.717, 1.165) is 22.5 Å². The molecule has 0 aliphatic heterocycles. The Morgan fingerprint density at radius 2 is 2.22 bits per heavy atom. The Kier molecular flexibility index (Phi) is 3.23. The summed E-state index contributed by atoms with van der Waals surface area (Å²) in [5.41, 5.74) is 4.36. The van der Waals surface area contributed by atoms with E-state index in [9.17, 15) is 4.79 Å². The summed E-state index contributed by atoms with van der Waals surface area (Å²) in [7, 11) is 1.88. The van der Waals surface area contributed by atoms with Crippen LogP contribution in [0.15, 0.2) is 12.3 Å². The third-order valence-corrected chi connectivity index (χ3v) is 2.99. The summed E-state index contributed by atoms with van der Waals surface area (Å²) < 4.78 is 6.82. The van der Waals surface area contributed by atoms with Crippen molar-refractivity contribution in [1.29, 1.82) is 0 Å². The quantitative estimate of drug-likeness (QED) is 0.846. The second-order valence-electron chi connectivity index (χ2n) is 4.19. The van der Waals surface area contributed by atoms with Gasteiger partial charge in [0.1, 0.15) is 5.69 Å². The number of rotatable bonds is 3. The van der Waals surface area contributed by atoms with Crippen molar-refractivity contribution in [3.05, 3.63) is 29.2 Å². The number of hydrogen-bond acceptors (Lipinski definition) is 3. The van der Waals surface area contributed by atoms with Gasteiger partial charge in [-0.3, -0.25) is 4.68 Å². The first-order chi connectivity index (χ1) is 8.56. The fourth-order valence-corrected chi connectivity index (χ4v) is 2.16. The van der Waals surface area contributed by atoms with Crippen molar-refractivity contribution in [2.24, 2.45) is 7.05 Å². The van der Waals surface area contributed by atoms with Crippen molar-refractivity contribution in [3.8, 4) is 11.3 Å². The molecule has 0 bridgehead atoms. The molecule has 0 saturated heterocycles. The second kappa shape index (κ2) is 4.68. The largest absolute Gasteiger partial charge is 0.461 e. The van der Waals surface area contributed by atoms with Crippen LogP contribution in [0.25, 0.3) is 11.3 Å². The average Bonchev–Trinajstić information content (AvgIpc) is 2.84. The lowest BCUT2D eigenvalue weighted by molar-refractivity contribution is 0.0519. The summed E-state index contributed by atoms with van der Waals surface area (Å²) in [6.45, 7) is 6.03. The molecule has 2 aromatic heterocycles. The molecule has 0 aromatic carbocycles. The highest BCUT2D eigenvalue weighted by atomic mass is 16.5. The Bertz CT molecular complexity index is 581. The molecule has 1 N–H and O–H groups in total. The maximum atomic E-state index is 11.8. The standard InChI is InChI=1S/C13H17N3O2/c1-5-18-13(17)12-8(2)11(9(3)15-12)10-6-7-14-16(10)4/h6-7,15H,5H2,1-4H3. The molecule has 0 atom stereocenters. The molecule has 96 valence electrons. The normalized spacial score (nSPS) is 10.7. The summed E-state index contributed by atoms with van der Waals surface area (Å²) in [4.78, 5) is 14.9. The van der Waals surface area contributed by atoms with Crippen LogP contribution < -0.4 is 0 Å². The lowest BCUT2D eigenvalue weighted by Crippen LogP contribution is -2.06. The first kappa shape index (κ1) is 12.4. The number of ether oxygens (including phenoxy) is 1. The number of hydrogen-bond donors (Lipinski definition) is 1. The topological polar surface area (TPSA) is 59.9 Å². The zero-order chi connectivity index (χ0) is 13.3. The van der Waals surface area contributed by atoms with Crippen molar-refractivity contribution in [1.82, 2.24) is 14.8 Å². The number of nitrogens with one attached hydrogen (secondary N) is 1. The van der Waals surface area contributed by atoms with Gasteiger partial charge in [0.15, 0.2) is 0 Å². The Morgan fingerprint density at radius 1 is 1.50 bits per heavy atom. The molecule has 5 nitrogen and oxygen atoms in total. The van der Waals surface area contributed by atoms with E-state index < -0.39 is 0 Å². The Labute approximate surface area is 106 Å². The van der Waals surface area contributed by atoms with E-state index in [-0.39, 0.29) is 5.97 Å². The Morgan fingerprint density at radius 3 is 2.78 bits per heavy atom. The van der Waals surface area contributed by atoms with E-state index >= 15 is 0 Å². The van der Waals surface area contributed by atoms with Gasteiger partial charge in [-0.05, 0) is 32.4 Å². The summed E-state index contributed by atoms with van der Waals surface area (Å²) in [6, 6.07) is 1.93. The van der Waals surface area contributed by atoms with E-state index in [1.54, 1.807) is 17.8 Å². The molecule has 0 radical (unpaired) electrons. The van der Waals surface area contributed by atoms with E-state index in [1.165, 1.54) is 0 Å². The monoisotopic (exact) mass is 247 g/mol. The van der Waals surface area contributed by atoms with Gasteiger partial charge >= 0.3 is 5.97 Å². The zero-order valence-corrected chi connectivity index (χ0v) is 11.1. The van der Waals surface area contributed by atoms with E-state index in [0.29, 0.717) is 12.3 Å². The fourth-order valence-electron chi connectivity index (χ4n) is 2.16. The molecular weight excluding hydrogens is 230 g/mol. The lowest BCUT2D eigenvalue weighted by atomic mass is 10.1. The number of esters is 1. The molecule has 0 unspecified atom stereocenters. The number of nitrogens with zero attached hydrogens (tertiary/aromatic N) is 2. The molecule has 0 aliphatic carbocycles. The van der Waals surface area contributed by atoms with Gasteiger partial charge in [0.25, 0.3) is 0 Å². The second-order valence-corrected chi connectivity index (χ2v) is 4.19. The van der Waals surface area contributed by atoms with Gasteiger partial charge in [0, 0.05) is 24.5 Å². The molecule has 0 amide bonds. The Balaban J connectivity index is 2.51. The summed E-state index contributed by atoms with van der Waals surface area (Å²) in [6.07, 6.45) is 1.74. The van der Waals surface area contributed by atoms with E-state index in [4.69, 9.17) is 4.74 Å². The summed E-state index contributed by atoms with van der Waals surface area (Å²) in [5.74, 6) is -0.313. The predicted molar refractivity (Wildman–Crippen MR) is 68.4 cm³/mol. The fraction of sp³-hybridized carbons (Fsp3) is 0.385. The van der Waals surface area contributed by atoms with Crippen LogP contribution in [0.2, 0.25) is 0 Å². The molecule has 0 saturated carbocycles. The maximum absolute atomic E-state index is 11.8. The minimum absolute atomic E-state index is 0.313. The number of aromatic nitrogens is 3. The van der Waals surface area contributed by atoms with Gasteiger partial charge in [0.2, 0.25) is 0 Å². The van der Waals surface area contributed by atoms with Gasteiger partial charge in [0.05, 0.1) is 12.3 Å². The zero-order valence-electron chi connectivity index (χ0n) is 11.1. The SMILES string of the molecule is CCOC(=O)c1[nH]c(C)c(-c2ccnn2C)c1C. The molecule has 0 fully saturated rings. The first-order valence-corrected chi connectivity index (χ1v) is 5.91. The van der Waals surface area contributed by atoms with Crippen LogP contribution in [0.1, 0.15) is 28.7 Å². The third-order valence-electron chi connectivity index (χ3n) is 2.99. The van der Waals surface area contributed by atoms with Crippen LogP contribution in [0.5, 0.6) is 0 Å². The van der Waals surface area contributed by atoms with Crippen molar-refractivity contribution in [2.75, 3.05) is 6.61 Å². The highest BCUT2D eigenvalue weighted by Crippen LogP contribution is 2.29. The van der Waals surface area contributed by atoms with E-state index in [1.807, 2.05) is 27.0 Å². The average molecular weight is 247 g/mol. The van der Waals surface area contributed by atoms with Gasteiger partial charge in [-0.2, -0.15) is 5.10 Å². The lowest BCUT2D eigenvalue weighted by Gasteiger charge is -2.03. The minimum Gasteiger partial charge on any atom is -0.461 e. The van der Waals surface area contributed by atoms with Crippen LogP contribution in [-0.4, -0.2) is 27.3 Å². The highest BCUT2D eigenvalue weighted by Gasteiger charge is 2.20. The first-order valence-electron chi connectivity index (χ1n) is 5.91. The number of carbonyl (C=O) groups excluding carboxylic acids is 1. The van der Waals surface area contributed by atoms with Gasteiger partial charge in [-0.25, -0.2) is 4.79 Å². The molecule has 2 heterocycles. The summed E-state index contributed by atoms with van der Waals surface area (Å²) >= 11 is 0. The van der Waals surface area contributed by atoms with E-state index in [2.05, 4.69) is 10.1 Å². The van der Waals surface area contributed by atoms with Crippen LogP contribution in [-0.2, 0) is 11.8 Å². The van der Waals surface area contributed by atoms with Crippen molar-refractivity contribution in [2.45, 2.75) is 20.8 Å².